The van der Waals surface area contributed by atoms with Gasteiger partial charge in [0.15, 0.2) is 0 Å². The molecule has 3 aromatic carbocycles. The van der Waals surface area contributed by atoms with Crippen molar-refractivity contribution in [3.05, 3.63) is 104 Å². The molecule has 0 aliphatic heterocycles. The zero-order valence-corrected chi connectivity index (χ0v) is 21.9. The summed E-state index contributed by atoms with van der Waals surface area (Å²) in [5, 5.41) is 15.2. The molecule has 1 aromatic heterocycles. The maximum atomic E-state index is 11.3. The van der Waals surface area contributed by atoms with Gasteiger partial charge in [0.1, 0.15) is 23.8 Å². The van der Waals surface area contributed by atoms with E-state index in [-0.39, 0.29) is 18.4 Å². The van der Waals surface area contributed by atoms with Crippen LogP contribution in [0.2, 0.25) is 15.1 Å². The normalized spacial score (nSPS) is 18.6. The molecular formula is C29H22Cl3NO4. The summed E-state index contributed by atoms with van der Waals surface area (Å²) in [4.78, 5) is 11.3. The lowest BCUT2D eigenvalue weighted by Crippen LogP contribution is -2.00. The number of aromatic carboxylic acids is 1. The number of hydrogen-bond donors (Lipinski definition) is 1. The first-order valence-corrected chi connectivity index (χ1v) is 13.2. The number of carboxylic acids is 1. The SMILES string of the molecule is O=C(O)c1cccc(C2C[C@@H]2c2ccc(OCc3c(-c4c(Cl)cccc4Cl)noc3C3CC3)cc2Cl)c1. The van der Waals surface area contributed by atoms with Gasteiger partial charge in [0.2, 0.25) is 0 Å². The predicted molar refractivity (Wildman–Crippen MR) is 143 cm³/mol. The Balaban J connectivity index is 1.21. The van der Waals surface area contributed by atoms with Crippen LogP contribution in [-0.2, 0) is 6.61 Å². The van der Waals surface area contributed by atoms with Gasteiger partial charge in [-0.15, -0.1) is 0 Å². The van der Waals surface area contributed by atoms with E-state index >= 15 is 0 Å². The van der Waals surface area contributed by atoms with Crippen molar-refractivity contribution in [2.75, 3.05) is 0 Å². The van der Waals surface area contributed by atoms with Crippen molar-refractivity contribution in [1.29, 1.82) is 0 Å². The van der Waals surface area contributed by atoms with Crippen LogP contribution in [0.5, 0.6) is 5.75 Å². The third kappa shape index (κ3) is 4.84. The Kier molecular flexibility index (Phi) is 6.39. The minimum Gasteiger partial charge on any atom is -0.489 e. The van der Waals surface area contributed by atoms with E-state index in [4.69, 9.17) is 44.1 Å². The standard InChI is InChI=1S/C29H22Cl3NO4/c30-23-5-2-6-24(31)26(23)27-22(28(37-33-27)15-7-8-15)14-36-18-9-10-19(25(32)12-18)21-13-20(21)16-3-1-4-17(11-16)29(34)35/h1-6,9-12,15,20-21H,7-8,13-14H2,(H,34,35)/t20?,21-/m1/s1. The van der Waals surface area contributed by atoms with Crippen LogP contribution in [0.25, 0.3) is 11.3 Å². The van der Waals surface area contributed by atoms with Crippen molar-refractivity contribution in [3.8, 4) is 17.0 Å². The van der Waals surface area contributed by atoms with Crippen LogP contribution in [-0.4, -0.2) is 16.2 Å². The quantitative estimate of drug-likeness (QED) is 0.236. The van der Waals surface area contributed by atoms with Crippen LogP contribution in [0.1, 0.15) is 69.8 Å². The number of aromatic nitrogens is 1. The van der Waals surface area contributed by atoms with Gasteiger partial charge < -0.3 is 14.4 Å². The number of nitrogens with zero attached hydrogens (tertiary/aromatic N) is 1. The van der Waals surface area contributed by atoms with Crippen LogP contribution in [0.3, 0.4) is 0 Å². The zero-order chi connectivity index (χ0) is 25.7. The smallest absolute Gasteiger partial charge is 0.335 e. The lowest BCUT2D eigenvalue weighted by molar-refractivity contribution is 0.0696. The summed E-state index contributed by atoms with van der Waals surface area (Å²) in [6.45, 7) is 0.246. The molecule has 2 atom stereocenters. The Bertz CT molecular complexity index is 1490. The van der Waals surface area contributed by atoms with E-state index < -0.39 is 5.97 Å². The summed E-state index contributed by atoms with van der Waals surface area (Å²) in [6.07, 6.45) is 3.03. The number of ether oxygens (including phenoxy) is 1. The van der Waals surface area contributed by atoms with Gasteiger partial charge in [0.25, 0.3) is 0 Å². The largest absolute Gasteiger partial charge is 0.489 e. The molecule has 0 bridgehead atoms. The molecule has 8 heteroatoms. The molecule has 0 spiro atoms. The van der Waals surface area contributed by atoms with E-state index in [0.29, 0.717) is 43.6 Å². The van der Waals surface area contributed by atoms with E-state index in [2.05, 4.69) is 5.16 Å². The molecule has 0 radical (unpaired) electrons. The second-order valence-corrected chi connectivity index (χ2v) is 10.8. The minimum atomic E-state index is -0.920. The summed E-state index contributed by atoms with van der Waals surface area (Å²) in [6, 6.07) is 18.2. The highest BCUT2D eigenvalue weighted by molar-refractivity contribution is 6.39. The molecule has 37 heavy (non-hydrogen) atoms. The van der Waals surface area contributed by atoms with Gasteiger partial charge in [0.05, 0.1) is 21.2 Å². The molecule has 5 nitrogen and oxygen atoms in total. The number of rotatable bonds is 8. The Morgan fingerprint density at radius 2 is 1.73 bits per heavy atom. The van der Waals surface area contributed by atoms with E-state index in [1.54, 1.807) is 36.4 Å². The van der Waals surface area contributed by atoms with Gasteiger partial charge >= 0.3 is 5.97 Å². The third-order valence-electron chi connectivity index (χ3n) is 7.07. The molecule has 0 amide bonds. The number of halogens is 3. The average Bonchev–Trinajstić information content (AvgIpc) is 3.81. The maximum absolute atomic E-state index is 11.3. The highest BCUT2D eigenvalue weighted by Gasteiger charge is 2.41. The number of carboxylic acid groups (broad SMARTS) is 1. The first kappa shape index (κ1) is 24.4. The molecule has 188 valence electrons. The summed E-state index contributed by atoms with van der Waals surface area (Å²) in [7, 11) is 0. The molecule has 0 saturated heterocycles. The minimum absolute atomic E-state index is 0.246. The second kappa shape index (κ2) is 9.71. The Morgan fingerprint density at radius 1 is 0.973 bits per heavy atom. The van der Waals surface area contributed by atoms with Crippen molar-refractivity contribution >= 4 is 40.8 Å². The lowest BCUT2D eigenvalue weighted by atomic mass is 10.0. The fourth-order valence-corrected chi connectivity index (χ4v) is 5.80. The van der Waals surface area contributed by atoms with Crippen LogP contribution >= 0.6 is 34.8 Å². The summed E-state index contributed by atoms with van der Waals surface area (Å²) in [5.74, 6) is 1.37. The van der Waals surface area contributed by atoms with Crippen molar-refractivity contribution in [2.45, 2.75) is 43.6 Å². The highest BCUT2D eigenvalue weighted by atomic mass is 35.5. The van der Waals surface area contributed by atoms with Gasteiger partial charge in [-0.05, 0) is 78.6 Å². The predicted octanol–water partition coefficient (Wildman–Crippen LogP) is 8.73. The van der Waals surface area contributed by atoms with Crippen molar-refractivity contribution in [2.24, 2.45) is 0 Å². The number of hydrogen-bond acceptors (Lipinski definition) is 4. The molecule has 1 N–H and O–H groups in total. The van der Waals surface area contributed by atoms with Gasteiger partial charge in [-0.3, -0.25) is 0 Å². The van der Waals surface area contributed by atoms with Crippen molar-refractivity contribution in [3.63, 3.8) is 0 Å². The lowest BCUT2D eigenvalue weighted by Gasteiger charge is -2.11. The van der Waals surface area contributed by atoms with Gasteiger partial charge in [-0.25, -0.2) is 4.79 Å². The van der Waals surface area contributed by atoms with E-state index in [9.17, 15) is 9.90 Å². The van der Waals surface area contributed by atoms with E-state index in [1.165, 1.54) is 0 Å². The first-order valence-electron chi connectivity index (χ1n) is 12.1. The Hall–Kier alpha value is -2.99. The summed E-state index contributed by atoms with van der Waals surface area (Å²) < 4.78 is 11.9. The molecule has 1 unspecified atom stereocenters. The molecular weight excluding hydrogens is 533 g/mol. The fourth-order valence-electron chi connectivity index (χ4n) is 4.91. The second-order valence-electron chi connectivity index (χ2n) is 9.60. The van der Waals surface area contributed by atoms with Gasteiger partial charge in [0, 0.05) is 16.5 Å². The molecule has 4 aromatic rings. The van der Waals surface area contributed by atoms with E-state index in [1.807, 2.05) is 24.3 Å². The first-order chi connectivity index (χ1) is 17.9. The van der Waals surface area contributed by atoms with Crippen LogP contribution < -0.4 is 4.74 Å². The average molecular weight is 555 g/mol. The molecule has 2 aliphatic rings. The fraction of sp³-hybridized carbons (Fsp3) is 0.241. The third-order valence-corrected chi connectivity index (χ3v) is 8.03. The zero-order valence-electron chi connectivity index (χ0n) is 19.6. The summed E-state index contributed by atoms with van der Waals surface area (Å²) in [5.41, 5.74) is 4.44. The molecule has 2 saturated carbocycles. The molecule has 6 rings (SSSR count). The maximum Gasteiger partial charge on any atom is 0.335 e. The highest BCUT2D eigenvalue weighted by Crippen LogP contribution is 2.56. The van der Waals surface area contributed by atoms with Crippen LogP contribution in [0.15, 0.2) is 65.2 Å². The molecule has 2 fully saturated rings. The van der Waals surface area contributed by atoms with Crippen LogP contribution in [0.4, 0.5) is 0 Å². The Labute approximate surface area is 228 Å². The van der Waals surface area contributed by atoms with Crippen LogP contribution in [0, 0.1) is 0 Å². The summed E-state index contributed by atoms with van der Waals surface area (Å²) >= 11 is 19.6. The van der Waals surface area contributed by atoms with Crippen molar-refractivity contribution in [1.82, 2.24) is 5.16 Å². The topological polar surface area (TPSA) is 72.6 Å². The Morgan fingerprint density at radius 3 is 2.43 bits per heavy atom. The number of benzene rings is 3. The van der Waals surface area contributed by atoms with Crippen molar-refractivity contribution < 1.29 is 19.2 Å². The monoisotopic (exact) mass is 553 g/mol. The van der Waals surface area contributed by atoms with Gasteiger partial charge in [-0.1, -0.05) is 64.2 Å². The molecule has 1 heterocycles. The van der Waals surface area contributed by atoms with Gasteiger partial charge in [-0.2, -0.15) is 0 Å². The van der Waals surface area contributed by atoms with E-state index in [0.717, 1.165) is 41.7 Å². The molecule has 2 aliphatic carbocycles. The number of carbonyl (C=O) groups is 1.